The summed E-state index contributed by atoms with van der Waals surface area (Å²) in [4.78, 5) is 7.90. The molecule has 1 aromatic carbocycles. The van der Waals surface area contributed by atoms with Crippen LogP contribution >= 0.6 is 0 Å². The molecule has 2 rings (SSSR count). The van der Waals surface area contributed by atoms with Gasteiger partial charge < -0.3 is 5.73 Å². The first-order chi connectivity index (χ1) is 9.30. The number of aromatic nitrogens is 2. The topological polar surface area (TPSA) is 136 Å². The number of aryl methyl sites for hydroxylation is 1. The Balaban J connectivity index is 2.77. The number of hydrogen-bond acceptors (Lipinski definition) is 5. The third-order valence-corrected chi connectivity index (χ3v) is 3.65. The van der Waals surface area contributed by atoms with E-state index in [2.05, 4.69) is 9.97 Å². The predicted octanol–water partition coefficient (Wildman–Crippen LogP) is 0.383. The summed E-state index contributed by atoms with van der Waals surface area (Å²) < 4.78 is 23.2. The SMILES string of the molecule is Cc1ncc(-c2cccc(S(N)(=O)=O)c2C(=N)N)cn1. The Hall–Kier alpha value is -2.32. The first kappa shape index (κ1) is 14.1. The molecule has 0 aliphatic carbocycles. The van der Waals surface area contributed by atoms with Crippen LogP contribution in [0.4, 0.5) is 0 Å². The molecule has 0 spiro atoms. The number of nitrogens with zero attached hydrogens (tertiary/aromatic N) is 2. The van der Waals surface area contributed by atoms with Gasteiger partial charge in [0.1, 0.15) is 11.7 Å². The van der Waals surface area contributed by atoms with Gasteiger partial charge in [-0.25, -0.2) is 23.5 Å². The molecule has 0 radical (unpaired) electrons. The summed E-state index contributed by atoms with van der Waals surface area (Å²) in [6.45, 7) is 1.73. The van der Waals surface area contributed by atoms with Crippen LogP contribution in [0.25, 0.3) is 11.1 Å². The van der Waals surface area contributed by atoms with Crippen LogP contribution in [-0.4, -0.2) is 24.2 Å². The minimum absolute atomic E-state index is 0.0578. The van der Waals surface area contributed by atoms with Gasteiger partial charge in [-0.2, -0.15) is 0 Å². The first-order valence-corrected chi connectivity index (χ1v) is 7.14. The maximum atomic E-state index is 11.6. The Kier molecular flexibility index (Phi) is 3.51. The van der Waals surface area contributed by atoms with E-state index < -0.39 is 10.0 Å². The third kappa shape index (κ3) is 2.65. The zero-order valence-electron chi connectivity index (χ0n) is 10.7. The molecular formula is C12H13N5O2S. The maximum absolute atomic E-state index is 11.6. The zero-order chi connectivity index (χ0) is 14.9. The minimum Gasteiger partial charge on any atom is -0.384 e. The first-order valence-electron chi connectivity index (χ1n) is 5.60. The lowest BCUT2D eigenvalue weighted by molar-refractivity contribution is 0.597. The highest BCUT2D eigenvalue weighted by Crippen LogP contribution is 2.27. The fraction of sp³-hybridized carbons (Fsp3) is 0.0833. The van der Waals surface area contributed by atoms with Gasteiger partial charge in [0.15, 0.2) is 0 Å². The van der Waals surface area contributed by atoms with E-state index in [9.17, 15) is 8.42 Å². The second kappa shape index (κ2) is 4.99. The molecule has 1 aromatic heterocycles. The Labute approximate surface area is 116 Å². The van der Waals surface area contributed by atoms with Crippen LogP contribution < -0.4 is 10.9 Å². The molecule has 104 valence electrons. The predicted molar refractivity (Wildman–Crippen MR) is 74.6 cm³/mol. The van der Waals surface area contributed by atoms with Crippen molar-refractivity contribution in [1.29, 1.82) is 5.41 Å². The smallest absolute Gasteiger partial charge is 0.238 e. The van der Waals surface area contributed by atoms with Gasteiger partial charge in [-0.15, -0.1) is 0 Å². The fourth-order valence-corrected chi connectivity index (χ4v) is 2.59. The summed E-state index contributed by atoms with van der Waals surface area (Å²) in [5.74, 6) is 0.200. The molecule has 0 aliphatic heterocycles. The van der Waals surface area contributed by atoms with E-state index in [-0.39, 0.29) is 16.3 Å². The molecule has 7 nitrogen and oxygen atoms in total. The summed E-state index contributed by atoms with van der Waals surface area (Å²) >= 11 is 0. The number of nitrogen functional groups attached to an aromatic ring is 1. The van der Waals surface area contributed by atoms with Crippen LogP contribution in [0.1, 0.15) is 11.4 Å². The molecular weight excluding hydrogens is 278 g/mol. The van der Waals surface area contributed by atoms with Crippen molar-refractivity contribution in [3.63, 3.8) is 0 Å². The molecule has 0 saturated heterocycles. The van der Waals surface area contributed by atoms with Gasteiger partial charge in [-0.1, -0.05) is 12.1 Å². The molecule has 8 heteroatoms. The van der Waals surface area contributed by atoms with Crippen molar-refractivity contribution < 1.29 is 8.42 Å². The molecule has 0 amide bonds. The van der Waals surface area contributed by atoms with Crippen LogP contribution in [0.3, 0.4) is 0 Å². The standard InChI is InChI=1S/C12H13N5O2S/c1-7-16-5-8(6-17-7)9-3-2-4-10(20(15,18)19)11(9)12(13)14/h2-6H,1H3,(H3,13,14)(H2,15,18,19). The van der Waals surface area contributed by atoms with E-state index in [0.717, 1.165) is 0 Å². The minimum atomic E-state index is -3.98. The lowest BCUT2D eigenvalue weighted by atomic mass is 10.0. The van der Waals surface area contributed by atoms with Gasteiger partial charge in [0.05, 0.1) is 4.90 Å². The van der Waals surface area contributed by atoms with E-state index >= 15 is 0 Å². The van der Waals surface area contributed by atoms with E-state index in [1.165, 1.54) is 24.5 Å². The van der Waals surface area contributed by atoms with Gasteiger partial charge in [-0.3, -0.25) is 5.41 Å². The van der Waals surface area contributed by atoms with Crippen molar-refractivity contribution in [2.75, 3.05) is 0 Å². The van der Waals surface area contributed by atoms with Gasteiger partial charge in [-0.05, 0) is 18.6 Å². The van der Waals surface area contributed by atoms with Gasteiger partial charge in [0, 0.05) is 23.5 Å². The third-order valence-electron chi connectivity index (χ3n) is 2.69. The molecule has 0 aliphatic rings. The van der Waals surface area contributed by atoms with E-state index in [4.69, 9.17) is 16.3 Å². The van der Waals surface area contributed by atoms with Crippen LogP contribution in [-0.2, 0) is 10.0 Å². The number of amidine groups is 1. The molecule has 0 bridgehead atoms. The normalized spacial score (nSPS) is 11.3. The van der Waals surface area contributed by atoms with Crippen molar-refractivity contribution in [2.24, 2.45) is 10.9 Å². The second-order valence-electron chi connectivity index (χ2n) is 4.16. The van der Waals surface area contributed by atoms with Crippen LogP contribution in [0.5, 0.6) is 0 Å². The lowest BCUT2D eigenvalue weighted by Gasteiger charge is -2.12. The van der Waals surface area contributed by atoms with Crippen molar-refractivity contribution in [3.8, 4) is 11.1 Å². The Morgan fingerprint density at radius 2 is 1.85 bits per heavy atom. The van der Waals surface area contributed by atoms with Crippen LogP contribution in [0.2, 0.25) is 0 Å². The summed E-state index contributed by atoms with van der Waals surface area (Å²) in [6.07, 6.45) is 3.08. The van der Waals surface area contributed by atoms with E-state index in [1.54, 1.807) is 13.0 Å². The average Bonchev–Trinajstić information content (AvgIpc) is 2.37. The Morgan fingerprint density at radius 1 is 1.25 bits per heavy atom. The molecule has 0 unspecified atom stereocenters. The Bertz CT molecular complexity index is 769. The lowest BCUT2D eigenvalue weighted by Crippen LogP contribution is -2.21. The Morgan fingerprint density at radius 3 is 2.35 bits per heavy atom. The maximum Gasteiger partial charge on any atom is 0.238 e. The number of nitrogens with two attached hydrogens (primary N) is 2. The molecule has 20 heavy (non-hydrogen) atoms. The molecule has 0 saturated carbocycles. The molecule has 2 aromatic rings. The summed E-state index contributed by atoms with van der Waals surface area (Å²) in [5, 5.41) is 12.8. The number of sulfonamides is 1. The number of rotatable bonds is 3. The quantitative estimate of drug-likeness (QED) is 0.555. The van der Waals surface area contributed by atoms with Crippen molar-refractivity contribution >= 4 is 15.9 Å². The summed E-state index contributed by atoms with van der Waals surface area (Å²) in [5.41, 5.74) is 6.57. The second-order valence-corrected chi connectivity index (χ2v) is 5.69. The molecule has 1 heterocycles. The average molecular weight is 291 g/mol. The number of benzene rings is 1. The number of nitrogens with one attached hydrogen (secondary N) is 1. The highest BCUT2D eigenvalue weighted by Gasteiger charge is 2.20. The van der Waals surface area contributed by atoms with Crippen molar-refractivity contribution in [1.82, 2.24) is 9.97 Å². The molecule has 5 N–H and O–H groups in total. The van der Waals surface area contributed by atoms with Crippen LogP contribution in [0.15, 0.2) is 35.5 Å². The van der Waals surface area contributed by atoms with Crippen LogP contribution in [0, 0.1) is 12.3 Å². The van der Waals surface area contributed by atoms with E-state index in [1.807, 2.05) is 0 Å². The summed E-state index contributed by atoms with van der Waals surface area (Å²) in [6, 6.07) is 4.48. The fourth-order valence-electron chi connectivity index (χ4n) is 1.82. The monoisotopic (exact) mass is 291 g/mol. The van der Waals surface area contributed by atoms with Gasteiger partial charge in [0.2, 0.25) is 10.0 Å². The highest BCUT2D eigenvalue weighted by molar-refractivity contribution is 7.89. The van der Waals surface area contributed by atoms with Gasteiger partial charge >= 0.3 is 0 Å². The largest absolute Gasteiger partial charge is 0.384 e. The highest BCUT2D eigenvalue weighted by atomic mass is 32.2. The number of primary sulfonamides is 1. The summed E-state index contributed by atoms with van der Waals surface area (Å²) in [7, 11) is -3.98. The number of hydrogen-bond donors (Lipinski definition) is 3. The zero-order valence-corrected chi connectivity index (χ0v) is 11.5. The van der Waals surface area contributed by atoms with Gasteiger partial charge in [0.25, 0.3) is 0 Å². The molecule has 0 fully saturated rings. The molecule has 0 atom stereocenters. The van der Waals surface area contributed by atoms with Crippen molar-refractivity contribution in [2.45, 2.75) is 11.8 Å². The van der Waals surface area contributed by atoms with Crippen molar-refractivity contribution in [3.05, 3.63) is 42.0 Å². The van der Waals surface area contributed by atoms with E-state index in [0.29, 0.717) is 17.0 Å².